The number of aryl methyl sites for hydroxylation is 1. The summed E-state index contributed by atoms with van der Waals surface area (Å²) in [5, 5.41) is 6.89. The summed E-state index contributed by atoms with van der Waals surface area (Å²) in [6.45, 7) is 3.37. The molecule has 1 saturated heterocycles. The number of imidazole rings is 1. The van der Waals surface area contributed by atoms with Crippen LogP contribution in [0.4, 0.5) is 0 Å². The van der Waals surface area contributed by atoms with Crippen LogP contribution in [0.5, 0.6) is 0 Å². The number of rotatable bonds is 4. The first kappa shape index (κ1) is 19.5. The highest BCUT2D eigenvalue weighted by Crippen LogP contribution is 2.21. The van der Waals surface area contributed by atoms with Gasteiger partial charge in [0.2, 0.25) is 5.91 Å². The second-order valence-electron chi connectivity index (χ2n) is 6.98. The van der Waals surface area contributed by atoms with Gasteiger partial charge in [-0.25, -0.2) is 4.98 Å². The molecule has 0 radical (unpaired) electrons. The summed E-state index contributed by atoms with van der Waals surface area (Å²) in [5.41, 5.74) is 4.10. The minimum Gasteiger partial charge on any atom is -0.483 e. The molecule has 2 aromatic heterocycles. The monoisotopic (exact) mass is 380 g/mol. The summed E-state index contributed by atoms with van der Waals surface area (Å²) < 4.78 is 0. The second-order valence-corrected chi connectivity index (χ2v) is 6.98. The molecule has 0 saturated carbocycles. The number of benzene rings is 1. The predicted octanol–water partition coefficient (Wildman–Crippen LogP) is 2.60. The van der Waals surface area contributed by atoms with E-state index < -0.39 is 0 Å². The third kappa shape index (κ3) is 4.94. The number of nitrogens with zero attached hydrogens (tertiary/aromatic N) is 3. The Labute approximate surface area is 163 Å². The molecule has 1 aliphatic heterocycles. The molecule has 3 heterocycles. The smallest absolute Gasteiger partial charge is 0.290 e. The topological polar surface area (TPSA) is 99.2 Å². The van der Waals surface area contributed by atoms with Crippen LogP contribution in [0.1, 0.15) is 23.5 Å². The summed E-state index contributed by atoms with van der Waals surface area (Å²) in [6, 6.07) is 12.0. The maximum absolute atomic E-state index is 12.6. The van der Waals surface area contributed by atoms with Gasteiger partial charge in [-0.15, -0.1) is 0 Å². The molecule has 4 rings (SSSR count). The lowest BCUT2D eigenvalue weighted by atomic mass is 10.0. The maximum Gasteiger partial charge on any atom is 0.290 e. The fraction of sp³-hybridized carbons (Fsp3) is 0.333. The lowest BCUT2D eigenvalue weighted by Crippen LogP contribution is -2.30. The van der Waals surface area contributed by atoms with E-state index in [1.807, 2.05) is 48.4 Å². The Balaban J connectivity index is 0.000000706. The molecule has 1 aromatic carbocycles. The molecular weight excluding hydrogens is 356 g/mol. The number of aromatic amines is 1. The second kappa shape index (κ2) is 9.12. The molecule has 7 heteroatoms. The van der Waals surface area contributed by atoms with Crippen molar-refractivity contribution in [3.8, 4) is 0 Å². The fourth-order valence-electron chi connectivity index (χ4n) is 3.62. The number of H-pyrrole nitrogens is 1. The SMILES string of the molecule is Cc1nc2ccc(CC(=O)N3CCC(Cc4ccccn4)C3)cc2[nH]1.O=CO. The molecule has 0 bridgehead atoms. The number of fused-ring (bicyclic) bond motifs is 1. The average Bonchev–Trinajstić information content (AvgIpc) is 3.28. The molecule has 146 valence electrons. The van der Waals surface area contributed by atoms with Gasteiger partial charge in [0.1, 0.15) is 5.82 Å². The zero-order valence-corrected chi connectivity index (χ0v) is 15.8. The summed E-state index contributed by atoms with van der Waals surface area (Å²) in [4.78, 5) is 35.0. The van der Waals surface area contributed by atoms with Crippen molar-refractivity contribution in [3.05, 3.63) is 59.7 Å². The minimum absolute atomic E-state index is 0.208. The Hall–Kier alpha value is -3.22. The van der Waals surface area contributed by atoms with Crippen molar-refractivity contribution in [3.63, 3.8) is 0 Å². The van der Waals surface area contributed by atoms with Gasteiger partial charge in [0, 0.05) is 25.0 Å². The highest BCUT2D eigenvalue weighted by atomic mass is 16.3. The van der Waals surface area contributed by atoms with E-state index in [9.17, 15) is 4.79 Å². The van der Waals surface area contributed by atoms with E-state index in [0.717, 1.165) is 54.0 Å². The molecule has 1 fully saturated rings. The number of likely N-dealkylation sites (tertiary alicyclic amines) is 1. The van der Waals surface area contributed by atoms with Crippen LogP contribution >= 0.6 is 0 Å². The lowest BCUT2D eigenvalue weighted by molar-refractivity contribution is -0.129. The molecule has 0 aliphatic carbocycles. The van der Waals surface area contributed by atoms with Crippen molar-refractivity contribution in [2.24, 2.45) is 5.92 Å². The van der Waals surface area contributed by atoms with E-state index in [1.54, 1.807) is 0 Å². The van der Waals surface area contributed by atoms with E-state index in [2.05, 4.69) is 21.0 Å². The van der Waals surface area contributed by atoms with Gasteiger partial charge in [-0.05, 0) is 55.5 Å². The number of nitrogens with one attached hydrogen (secondary N) is 1. The summed E-state index contributed by atoms with van der Waals surface area (Å²) >= 11 is 0. The van der Waals surface area contributed by atoms with Crippen LogP contribution in [-0.4, -0.2) is 50.4 Å². The molecule has 1 aliphatic rings. The standard InChI is InChI=1S/C20H22N4O.CH2O2/c1-14-22-18-6-5-15(11-19(18)23-14)12-20(25)24-9-7-16(13-24)10-17-4-2-3-8-21-17;2-1-3/h2-6,8,11,16H,7,9-10,12-13H2,1H3,(H,22,23);1H,(H,2,3). The van der Waals surface area contributed by atoms with Crippen molar-refractivity contribution >= 4 is 23.4 Å². The summed E-state index contributed by atoms with van der Waals surface area (Å²) in [5.74, 6) is 1.62. The van der Waals surface area contributed by atoms with Crippen molar-refractivity contribution in [1.29, 1.82) is 0 Å². The Bertz CT molecular complexity index is 939. The molecule has 3 aromatic rings. The van der Waals surface area contributed by atoms with Crippen LogP contribution in [0.2, 0.25) is 0 Å². The third-order valence-corrected chi connectivity index (χ3v) is 4.88. The van der Waals surface area contributed by atoms with E-state index in [-0.39, 0.29) is 12.4 Å². The fourth-order valence-corrected chi connectivity index (χ4v) is 3.62. The number of pyridine rings is 1. The highest BCUT2D eigenvalue weighted by molar-refractivity contribution is 5.82. The molecule has 2 N–H and O–H groups in total. The number of carboxylic acid groups (broad SMARTS) is 1. The zero-order valence-electron chi connectivity index (χ0n) is 15.8. The van der Waals surface area contributed by atoms with Gasteiger partial charge in [-0.3, -0.25) is 14.6 Å². The van der Waals surface area contributed by atoms with Crippen LogP contribution < -0.4 is 0 Å². The summed E-state index contributed by atoms with van der Waals surface area (Å²) in [7, 11) is 0. The van der Waals surface area contributed by atoms with Crippen molar-refractivity contribution in [2.75, 3.05) is 13.1 Å². The molecule has 28 heavy (non-hydrogen) atoms. The van der Waals surface area contributed by atoms with Crippen LogP contribution in [0.3, 0.4) is 0 Å². The van der Waals surface area contributed by atoms with Gasteiger partial charge < -0.3 is 15.0 Å². The minimum atomic E-state index is -0.250. The van der Waals surface area contributed by atoms with Gasteiger partial charge in [0.15, 0.2) is 0 Å². The largest absolute Gasteiger partial charge is 0.483 e. The molecular formula is C21H24N4O3. The first-order chi connectivity index (χ1) is 13.6. The first-order valence-corrected chi connectivity index (χ1v) is 9.30. The third-order valence-electron chi connectivity index (χ3n) is 4.88. The number of amides is 1. The predicted molar refractivity (Wildman–Crippen MR) is 106 cm³/mol. The Morgan fingerprint density at radius 3 is 2.93 bits per heavy atom. The van der Waals surface area contributed by atoms with E-state index in [1.165, 1.54) is 0 Å². The Morgan fingerprint density at radius 2 is 2.18 bits per heavy atom. The molecule has 7 nitrogen and oxygen atoms in total. The quantitative estimate of drug-likeness (QED) is 0.678. The van der Waals surface area contributed by atoms with E-state index in [4.69, 9.17) is 9.90 Å². The van der Waals surface area contributed by atoms with E-state index >= 15 is 0 Å². The zero-order chi connectivity index (χ0) is 19.9. The van der Waals surface area contributed by atoms with Gasteiger partial charge in [0.05, 0.1) is 17.5 Å². The van der Waals surface area contributed by atoms with Crippen molar-refractivity contribution in [2.45, 2.75) is 26.2 Å². The summed E-state index contributed by atoms with van der Waals surface area (Å²) in [6.07, 6.45) is 4.29. The molecule has 1 amide bonds. The molecule has 0 spiro atoms. The number of aromatic nitrogens is 3. The van der Waals surface area contributed by atoms with Crippen molar-refractivity contribution in [1.82, 2.24) is 19.9 Å². The van der Waals surface area contributed by atoms with Crippen LogP contribution in [-0.2, 0) is 22.4 Å². The number of hydrogen-bond acceptors (Lipinski definition) is 4. The van der Waals surface area contributed by atoms with Crippen molar-refractivity contribution < 1.29 is 14.7 Å². The van der Waals surface area contributed by atoms with Crippen LogP contribution in [0.15, 0.2) is 42.6 Å². The maximum atomic E-state index is 12.6. The van der Waals surface area contributed by atoms with E-state index in [0.29, 0.717) is 12.3 Å². The highest BCUT2D eigenvalue weighted by Gasteiger charge is 2.26. The van der Waals surface area contributed by atoms with Gasteiger partial charge in [-0.2, -0.15) is 0 Å². The lowest BCUT2D eigenvalue weighted by Gasteiger charge is -2.16. The normalized spacial score (nSPS) is 15.9. The molecule has 1 unspecified atom stereocenters. The Morgan fingerprint density at radius 1 is 1.36 bits per heavy atom. The van der Waals surface area contributed by atoms with Gasteiger partial charge in [0.25, 0.3) is 6.47 Å². The number of carbonyl (C=O) groups is 2. The first-order valence-electron chi connectivity index (χ1n) is 9.30. The van der Waals surface area contributed by atoms with Gasteiger partial charge in [-0.1, -0.05) is 12.1 Å². The number of carbonyl (C=O) groups excluding carboxylic acids is 1. The Kier molecular flexibility index (Phi) is 6.37. The molecule has 1 atom stereocenters. The van der Waals surface area contributed by atoms with Crippen LogP contribution in [0, 0.1) is 12.8 Å². The van der Waals surface area contributed by atoms with Crippen LogP contribution in [0.25, 0.3) is 11.0 Å². The van der Waals surface area contributed by atoms with Gasteiger partial charge >= 0.3 is 0 Å². The average molecular weight is 380 g/mol. The number of hydrogen-bond donors (Lipinski definition) is 2.